The van der Waals surface area contributed by atoms with Crippen LogP contribution in [0.2, 0.25) is 0 Å². The van der Waals surface area contributed by atoms with Crippen molar-refractivity contribution in [1.82, 2.24) is 0 Å². The average molecular weight is 287 g/mol. The summed E-state index contributed by atoms with van der Waals surface area (Å²) in [7, 11) is 0. The highest BCUT2D eigenvalue weighted by Crippen LogP contribution is 2.14. The lowest BCUT2D eigenvalue weighted by atomic mass is 10.0. The van der Waals surface area contributed by atoms with E-state index in [1.165, 1.54) is 12.1 Å². The third-order valence-electron chi connectivity index (χ3n) is 1.92. The van der Waals surface area contributed by atoms with E-state index < -0.39 is 17.7 Å². The lowest BCUT2D eigenvalue weighted by molar-refractivity contribution is 0.0692. The molecule has 0 aliphatic carbocycles. The normalized spacial score (nSPS) is 9.81. The van der Waals surface area contributed by atoms with E-state index in [9.17, 15) is 14.4 Å². The predicted octanol–water partition coefficient (Wildman–Crippen LogP) is 1.66. The molecule has 6 heteroatoms. The molecule has 1 rings (SSSR count). The van der Waals surface area contributed by atoms with E-state index in [1.807, 2.05) is 0 Å². The van der Waals surface area contributed by atoms with Crippen LogP contribution in [0.25, 0.3) is 0 Å². The lowest BCUT2D eigenvalue weighted by Crippen LogP contribution is -2.11. The number of carboxylic acid groups (broad SMARTS) is 2. The summed E-state index contributed by atoms with van der Waals surface area (Å²) < 4.78 is 0. The van der Waals surface area contributed by atoms with Crippen molar-refractivity contribution in [3.63, 3.8) is 0 Å². The number of alkyl halides is 1. The molecular weight excluding hydrogens is 280 g/mol. The first kappa shape index (κ1) is 12.4. The maximum atomic E-state index is 11.4. The van der Waals surface area contributed by atoms with Gasteiger partial charge < -0.3 is 10.2 Å². The molecule has 0 aromatic heterocycles. The van der Waals surface area contributed by atoms with Crippen molar-refractivity contribution in [2.24, 2.45) is 0 Å². The van der Waals surface area contributed by atoms with Crippen molar-refractivity contribution in [3.05, 3.63) is 34.9 Å². The highest BCUT2D eigenvalue weighted by Gasteiger charge is 2.17. The number of ketones is 1. The van der Waals surface area contributed by atoms with Crippen LogP contribution in [0, 0.1) is 0 Å². The van der Waals surface area contributed by atoms with Gasteiger partial charge in [-0.25, -0.2) is 9.59 Å². The zero-order valence-electron chi connectivity index (χ0n) is 7.94. The van der Waals surface area contributed by atoms with E-state index in [4.69, 9.17) is 10.2 Å². The van der Waals surface area contributed by atoms with Gasteiger partial charge in [-0.1, -0.05) is 15.9 Å². The van der Waals surface area contributed by atoms with Crippen LogP contribution in [0.1, 0.15) is 31.1 Å². The van der Waals surface area contributed by atoms with Crippen molar-refractivity contribution < 1.29 is 24.6 Å². The Labute approximate surface area is 98.8 Å². The number of rotatable bonds is 4. The Balaban J connectivity index is 3.36. The first-order valence-electron chi connectivity index (χ1n) is 4.17. The SMILES string of the molecule is O=C(O)c1ccc(C(=O)CBr)c(C(=O)O)c1. The van der Waals surface area contributed by atoms with Gasteiger partial charge in [0.25, 0.3) is 0 Å². The summed E-state index contributed by atoms with van der Waals surface area (Å²) in [6.45, 7) is 0. The highest BCUT2D eigenvalue weighted by molar-refractivity contribution is 9.09. The molecule has 0 saturated carbocycles. The van der Waals surface area contributed by atoms with Gasteiger partial charge in [-0.05, 0) is 18.2 Å². The molecule has 2 N–H and O–H groups in total. The third kappa shape index (κ3) is 2.46. The van der Waals surface area contributed by atoms with Crippen LogP contribution in [0.5, 0.6) is 0 Å². The Morgan fingerprint density at radius 3 is 2.12 bits per heavy atom. The van der Waals surface area contributed by atoms with Gasteiger partial charge in [0.05, 0.1) is 16.5 Å². The Hall–Kier alpha value is -1.69. The van der Waals surface area contributed by atoms with Gasteiger partial charge in [-0.15, -0.1) is 0 Å². The third-order valence-corrected chi connectivity index (χ3v) is 2.43. The van der Waals surface area contributed by atoms with Crippen molar-refractivity contribution in [3.8, 4) is 0 Å². The number of benzene rings is 1. The topological polar surface area (TPSA) is 91.7 Å². The quantitative estimate of drug-likeness (QED) is 0.649. The maximum Gasteiger partial charge on any atom is 0.336 e. The van der Waals surface area contributed by atoms with Crippen molar-refractivity contribution in [2.75, 3.05) is 5.33 Å². The second-order valence-corrected chi connectivity index (χ2v) is 3.49. The predicted molar refractivity (Wildman–Crippen MR) is 58.5 cm³/mol. The zero-order valence-corrected chi connectivity index (χ0v) is 9.52. The molecule has 0 aliphatic rings. The number of carbonyl (C=O) groups is 3. The smallest absolute Gasteiger partial charge is 0.336 e. The number of halogens is 1. The van der Waals surface area contributed by atoms with E-state index in [2.05, 4.69) is 15.9 Å². The molecule has 0 bridgehead atoms. The molecule has 0 radical (unpaired) electrons. The summed E-state index contributed by atoms with van der Waals surface area (Å²) in [5, 5.41) is 17.5. The number of aromatic carboxylic acids is 2. The Bertz CT molecular complexity index is 466. The summed E-state index contributed by atoms with van der Waals surface area (Å²) in [6, 6.07) is 3.38. The standard InChI is InChI=1S/C10H7BrO5/c11-4-8(12)6-2-1-5(9(13)14)3-7(6)10(15)16/h1-3H,4H2,(H,13,14)(H,15,16). The Kier molecular flexibility index (Phi) is 3.78. The monoisotopic (exact) mass is 286 g/mol. The Morgan fingerprint density at radius 1 is 1.06 bits per heavy atom. The summed E-state index contributed by atoms with van der Waals surface area (Å²) in [4.78, 5) is 32.9. The second kappa shape index (κ2) is 4.89. The molecule has 84 valence electrons. The van der Waals surface area contributed by atoms with Crippen LogP contribution in [0.4, 0.5) is 0 Å². The van der Waals surface area contributed by atoms with Gasteiger partial charge in [-0.3, -0.25) is 4.79 Å². The molecule has 0 spiro atoms. The molecule has 0 heterocycles. The molecule has 0 saturated heterocycles. The molecule has 0 amide bonds. The van der Waals surface area contributed by atoms with Crippen molar-refractivity contribution >= 4 is 33.7 Å². The summed E-state index contributed by atoms with van der Waals surface area (Å²) in [5.41, 5.74) is -0.470. The first-order chi connectivity index (χ1) is 7.47. The summed E-state index contributed by atoms with van der Waals surface area (Å²) >= 11 is 2.92. The molecule has 0 unspecified atom stereocenters. The number of hydrogen-bond acceptors (Lipinski definition) is 3. The molecule has 0 atom stereocenters. The van der Waals surface area contributed by atoms with Crippen LogP contribution in [-0.4, -0.2) is 33.3 Å². The number of hydrogen-bond donors (Lipinski definition) is 2. The van der Waals surface area contributed by atoms with E-state index in [0.29, 0.717) is 0 Å². The van der Waals surface area contributed by atoms with E-state index >= 15 is 0 Å². The molecule has 16 heavy (non-hydrogen) atoms. The Morgan fingerprint density at radius 2 is 1.69 bits per heavy atom. The van der Waals surface area contributed by atoms with Gasteiger partial charge >= 0.3 is 11.9 Å². The maximum absolute atomic E-state index is 11.4. The molecule has 5 nitrogen and oxygen atoms in total. The van der Waals surface area contributed by atoms with Gasteiger partial charge in [0.2, 0.25) is 0 Å². The lowest BCUT2D eigenvalue weighted by Gasteiger charge is -2.04. The van der Waals surface area contributed by atoms with Gasteiger partial charge in [0.1, 0.15) is 0 Å². The zero-order chi connectivity index (χ0) is 12.3. The van der Waals surface area contributed by atoms with Gasteiger partial charge in [-0.2, -0.15) is 0 Å². The molecular formula is C10H7BrO5. The van der Waals surface area contributed by atoms with Crippen LogP contribution in [0.15, 0.2) is 18.2 Å². The van der Waals surface area contributed by atoms with Crippen LogP contribution >= 0.6 is 15.9 Å². The van der Waals surface area contributed by atoms with Gasteiger partial charge in [0, 0.05) is 5.56 Å². The first-order valence-corrected chi connectivity index (χ1v) is 5.29. The van der Waals surface area contributed by atoms with Crippen LogP contribution in [-0.2, 0) is 0 Å². The van der Waals surface area contributed by atoms with E-state index in [-0.39, 0.29) is 22.0 Å². The fourth-order valence-corrected chi connectivity index (χ4v) is 1.47. The summed E-state index contributed by atoms with van der Waals surface area (Å²) in [6.07, 6.45) is 0. The number of Topliss-reactive ketones (excluding diaryl/α,β-unsaturated/α-hetero) is 1. The molecule has 1 aromatic rings. The average Bonchev–Trinajstić information content (AvgIpc) is 2.26. The molecule has 0 aliphatic heterocycles. The van der Waals surface area contributed by atoms with Crippen LogP contribution in [0.3, 0.4) is 0 Å². The fraction of sp³-hybridized carbons (Fsp3) is 0.100. The van der Waals surface area contributed by atoms with E-state index in [1.54, 1.807) is 0 Å². The molecule has 0 fully saturated rings. The van der Waals surface area contributed by atoms with Crippen molar-refractivity contribution in [1.29, 1.82) is 0 Å². The minimum absolute atomic E-state index is 0.00521. The number of carbonyl (C=O) groups excluding carboxylic acids is 1. The highest BCUT2D eigenvalue weighted by atomic mass is 79.9. The fourth-order valence-electron chi connectivity index (χ4n) is 1.17. The van der Waals surface area contributed by atoms with Crippen LogP contribution < -0.4 is 0 Å². The van der Waals surface area contributed by atoms with Crippen molar-refractivity contribution in [2.45, 2.75) is 0 Å². The largest absolute Gasteiger partial charge is 0.478 e. The minimum atomic E-state index is -1.33. The molecule has 1 aromatic carbocycles. The minimum Gasteiger partial charge on any atom is -0.478 e. The second-order valence-electron chi connectivity index (χ2n) is 2.93. The number of carboxylic acids is 2. The van der Waals surface area contributed by atoms with Gasteiger partial charge in [0.15, 0.2) is 5.78 Å². The summed E-state index contributed by atoms with van der Waals surface area (Å²) in [5.74, 6) is -2.97. The van der Waals surface area contributed by atoms with E-state index in [0.717, 1.165) is 6.07 Å².